The average Bonchev–Trinajstić information content (AvgIpc) is 2.79. The second-order valence-electron chi connectivity index (χ2n) is 4.48. The Morgan fingerprint density at radius 1 is 1.56 bits per heavy atom. The zero-order valence-corrected chi connectivity index (χ0v) is 10.5. The van der Waals surface area contributed by atoms with E-state index in [1.807, 2.05) is 13.8 Å². The van der Waals surface area contributed by atoms with Crippen molar-refractivity contribution < 1.29 is 14.3 Å². The number of hydrogen-bond acceptors (Lipinski definition) is 4. The molecule has 3 unspecified atom stereocenters. The number of nitrogens with one attached hydrogen (secondary N) is 1. The van der Waals surface area contributed by atoms with Gasteiger partial charge >= 0.3 is 5.97 Å². The summed E-state index contributed by atoms with van der Waals surface area (Å²) in [5.41, 5.74) is 0. The minimum atomic E-state index is -0.155. The molecule has 0 aromatic heterocycles. The predicted octanol–water partition coefficient (Wildman–Crippen LogP) is 1.34. The zero-order valence-electron chi connectivity index (χ0n) is 10.5. The monoisotopic (exact) mass is 229 g/mol. The topological polar surface area (TPSA) is 47.6 Å². The van der Waals surface area contributed by atoms with E-state index in [1.165, 1.54) is 20.0 Å². The third-order valence-electron chi connectivity index (χ3n) is 3.28. The van der Waals surface area contributed by atoms with Crippen molar-refractivity contribution in [2.75, 3.05) is 20.3 Å². The average molecular weight is 229 g/mol. The first-order chi connectivity index (χ1) is 7.65. The normalized spacial score (nSPS) is 24.1. The molecule has 0 aliphatic carbocycles. The van der Waals surface area contributed by atoms with Gasteiger partial charge in [-0.25, -0.2) is 0 Å². The fraction of sp³-hybridized carbons (Fsp3) is 0.917. The van der Waals surface area contributed by atoms with Crippen LogP contribution in [0.2, 0.25) is 0 Å². The Kier molecular flexibility index (Phi) is 5.77. The summed E-state index contributed by atoms with van der Waals surface area (Å²) in [6, 6.07) is 0.147. The van der Waals surface area contributed by atoms with E-state index < -0.39 is 0 Å². The lowest BCUT2D eigenvalue weighted by atomic mass is 10.0. The molecule has 1 fully saturated rings. The highest BCUT2D eigenvalue weighted by atomic mass is 16.5. The first-order valence-corrected chi connectivity index (χ1v) is 6.08. The highest BCUT2D eigenvalue weighted by Crippen LogP contribution is 2.14. The van der Waals surface area contributed by atoms with Crippen molar-refractivity contribution in [2.24, 2.45) is 5.92 Å². The van der Waals surface area contributed by atoms with Crippen LogP contribution in [0.5, 0.6) is 0 Å². The lowest BCUT2D eigenvalue weighted by Crippen LogP contribution is -2.38. The minimum Gasteiger partial charge on any atom is -0.469 e. The molecule has 0 amide bonds. The number of rotatable bonds is 6. The molecule has 1 aliphatic rings. The Morgan fingerprint density at radius 2 is 2.31 bits per heavy atom. The molecule has 94 valence electrons. The van der Waals surface area contributed by atoms with Crippen molar-refractivity contribution in [3.8, 4) is 0 Å². The van der Waals surface area contributed by atoms with Gasteiger partial charge in [0.1, 0.15) is 0 Å². The smallest absolute Gasteiger partial charge is 0.309 e. The summed E-state index contributed by atoms with van der Waals surface area (Å²) in [5.74, 6) is -0.258. The van der Waals surface area contributed by atoms with Gasteiger partial charge in [-0.3, -0.25) is 4.79 Å². The molecule has 1 heterocycles. The van der Waals surface area contributed by atoms with E-state index in [2.05, 4.69) is 5.32 Å². The van der Waals surface area contributed by atoms with Crippen LogP contribution in [0, 0.1) is 5.92 Å². The van der Waals surface area contributed by atoms with Crippen molar-refractivity contribution >= 4 is 5.97 Å². The van der Waals surface area contributed by atoms with Gasteiger partial charge in [0.2, 0.25) is 0 Å². The Bertz CT molecular complexity index is 214. The summed E-state index contributed by atoms with van der Waals surface area (Å²) in [5, 5.41) is 3.34. The van der Waals surface area contributed by atoms with E-state index in [-0.39, 0.29) is 17.9 Å². The maximum Gasteiger partial charge on any atom is 0.309 e. The van der Waals surface area contributed by atoms with Crippen LogP contribution in [0.3, 0.4) is 0 Å². The second kappa shape index (κ2) is 6.86. The van der Waals surface area contributed by atoms with Gasteiger partial charge in [-0.15, -0.1) is 0 Å². The quantitative estimate of drug-likeness (QED) is 0.698. The summed E-state index contributed by atoms with van der Waals surface area (Å²) >= 11 is 0. The molecule has 0 spiro atoms. The molecule has 16 heavy (non-hydrogen) atoms. The second-order valence-corrected chi connectivity index (χ2v) is 4.48. The maximum absolute atomic E-state index is 11.3. The maximum atomic E-state index is 11.3. The molecule has 0 saturated carbocycles. The summed E-state index contributed by atoms with van der Waals surface area (Å²) in [6.45, 7) is 5.69. The molecular formula is C12H23NO3. The highest BCUT2D eigenvalue weighted by Gasteiger charge is 2.21. The van der Waals surface area contributed by atoms with Crippen LogP contribution >= 0.6 is 0 Å². The van der Waals surface area contributed by atoms with Crippen LogP contribution in [0.15, 0.2) is 0 Å². The van der Waals surface area contributed by atoms with Crippen molar-refractivity contribution in [3.05, 3.63) is 0 Å². The van der Waals surface area contributed by atoms with Crippen LogP contribution in [0.1, 0.15) is 33.1 Å². The number of ether oxygens (including phenoxy) is 2. The standard InChI is InChI=1S/C12H23NO3/c1-9(12(14)15-3)10(2)13-7-6-11-5-4-8-16-11/h9-11,13H,4-8H2,1-3H3. The van der Waals surface area contributed by atoms with Crippen LogP contribution in [0.4, 0.5) is 0 Å². The third kappa shape index (κ3) is 4.10. The van der Waals surface area contributed by atoms with Gasteiger partial charge in [0.15, 0.2) is 0 Å². The fourth-order valence-electron chi connectivity index (χ4n) is 1.91. The van der Waals surface area contributed by atoms with E-state index in [1.54, 1.807) is 0 Å². The molecule has 4 heteroatoms. The Hall–Kier alpha value is -0.610. The Labute approximate surface area is 97.7 Å². The van der Waals surface area contributed by atoms with Crippen LogP contribution in [0.25, 0.3) is 0 Å². The number of esters is 1. The van der Waals surface area contributed by atoms with Gasteiger partial charge in [0, 0.05) is 12.6 Å². The summed E-state index contributed by atoms with van der Waals surface area (Å²) in [7, 11) is 1.43. The van der Waals surface area contributed by atoms with E-state index in [9.17, 15) is 4.79 Å². The van der Waals surface area contributed by atoms with Gasteiger partial charge in [-0.2, -0.15) is 0 Å². The molecule has 0 bridgehead atoms. The van der Waals surface area contributed by atoms with E-state index in [4.69, 9.17) is 9.47 Å². The van der Waals surface area contributed by atoms with Crippen molar-refractivity contribution in [3.63, 3.8) is 0 Å². The number of methoxy groups -OCH3 is 1. The van der Waals surface area contributed by atoms with Crippen LogP contribution in [-0.4, -0.2) is 38.4 Å². The van der Waals surface area contributed by atoms with Gasteiger partial charge in [0.05, 0.1) is 19.1 Å². The molecule has 1 N–H and O–H groups in total. The lowest BCUT2D eigenvalue weighted by Gasteiger charge is -2.20. The zero-order chi connectivity index (χ0) is 12.0. The molecule has 0 aromatic rings. The molecule has 0 aromatic carbocycles. The summed E-state index contributed by atoms with van der Waals surface area (Å²) in [6.07, 6.45) is 3.78. The van der Waals surface area contributed by atoms with Crippen molar-refractivity contribution in [2.45, 2.75) is 45.3 Å². The molecule has 1 saturated heterocycles. The molecule has 1 rings (SSSR count). The van der Waals surface area contributed by atoms with Gasteiger partial charge in [-0.05, 0) is 32.7 Å². The van der Waals surface area contributed by atoms with E-state index in [0.29, 0.717) is 6.10 Å². The van der Waals surface area contributed by atoms with Gasteiger partial charge in [-0.1, -0.05) is 6.92 Å². The lowest BCUT2D eigenvalue weighted by molar-refractivity contribution is -0.145. The summed E-state index contributed by atoms with van der Waals surface area (Å²) in [4.78, 5) is 11.3. The Balaban J connectivity index is 2.13. The molecule has 4 nitrogen and oxygen atoms in total. The SMILES string of the molecule is COC(=O)C(C)C(C)NCCC1CCCO1. The van der Waals surface area contributed by atoms with Gasteiger partial charge in [0.25, 0.3) is 0 Å². The Morgan fingerprint density at radius 3 is 2.88 bits per heavy atom. The van der Waals surface area contributed by atoms with Crippen molar-refractivity contribution in [1.29, 1.82) is 0 Å². The number of hydrogen-bond donors (Lipinski definition) is 1. The van der Waals surface area contributed by atoms with Gasteiger partial charge < -0.3 is 14.8 Å². The largest absolute Gasteiger partial charge is 0.469 e. The predicted molar refractivity (Wildman–Crippen MR) is 62.2 cm³/mol. The molecule has 0 radical (unpaired) electrons. The summed E-state index contributed by atoms with van der Waals surface area (Å²) < 4.78 is 10.2. The molecular weight excluding hydrogens is 206 g/mol. The first-order valence-electron chi connectivity index (χ1n) is 6.08. The van der Waals surface area contributed by atoms with Crippen molar-refractivity contribution in [1.82, 2.24) is 5.32 Å². The number of carbonyl (C=O) groups excluding carboxylic acids is 1. The van der Waals surface area contributed by atoms with E-state index in [0.717, 1.165) is 19.6 Å². The molecule has 3 atom stereocenters. The van der Waals surface area contributed by atoms with Crippen LogP contribution < -0.4 is 5.32 Å². The fourth-order valence-corrected chi connectivity index (χ4v) is 1.91. The first kappa shape index (κ1) is 13.5. The molecule has 1 aliphatic heterocycles. The van der Waals surface area contributed by atoms with E-state index >= 15 is 0 Å². The third-order valence-corrected chi connectivity index (χ3v) is 3.28. The van der Waals surface area contributed by atoms with Crippen LogP contribution in [-0.2, 0) is 14.3 Å². The highest BCUT2D eigenvalue weighted by molar-refractivity contribution is 5.72. The number of carbonyl (C=O) groups is 1. The minimum absolute atomic E-state index is 0.102.